The lowest BCUT2D eigenvalue weighted by molar-refractivity contribution is 0.103. The van der Waals surface area contributed by atoms with Gasteiger partial charge in [0.2, 0.25) is 5.78 Å². The second kappa shape index (κ2) is 3.90. The molecule has 1 aromatic heterocycles. The Morgan fingerprint density at radius 1 is 1.47 bits per heavy atom. The van der Waals surface area contributed by atoms with Crippen molar-refractivity contribution in [2.75, 3.05) is 0 Å². The van der Waals surface area contributed by atoms with E-state index in [-0.39, 0.29) is 11.6 Å². The summed E-state index contributed by atoms with van der Waals surface area (Å²) in [7, 11) is 0. The first-order valence-electron chi connectivity index (χ1n) is 4.37. The number of hydrogen-bond acceptors (Lipinski definition) is 3. The molecule has 4 heteroatoms. The number of hydrogen-bond donors (Lipinski definition) is 0. The molecule has 0 unspecified atom stereocenters. The topological polar surface area (TPSA) is 30.0 Å². The first-order valence-corrected chi connectivity index (χ1v) is 5.32. The van der Waals surface area contributed by atoms with E-state index in [1.165, 1.54) is 29.5 Å². The van der Waals surface area contributed by atoms with Crippen molar-refractivity contribution < 1.29 is 9.18 Å². The summed E-state index contributed by atoms with van der Waals surface area (Å²) in [6.45, 7) is 1.63. The fourth-order valence-corrected chi connectivity index (χ4v) is 1.79. The van der Waals surface area contributed by atoms with Crippen LogP contribution in [0.1, 0.15) is 21.6 Å². The molecule has 1 aromatic carbocycles. The molecule has 2 nitrogen and oxygen atoms in total. The Bertz CT molecular complexity index is 493. The van der Waals surface area contributed by atoms with Gasteiger partial charge >= 0.3 is 0 Å². The molecule has 0 spiro atoms. The predicted molar refractivity (Wildman–Crippen MR) is 56.7 cm³/mol. The van der Waals surface area contributed by atoms with Crippen molar-refractivity contribution in [1.29, 1.82) is 0 Å². The van der Waals surface area contributed by atoms with E-state index in [1.807, 2.05) is 0 Å². The van der Waals surface area contributed by atoms with Gasteiger partial charge in [-0.05, 0) is 30.7 Å². The van der Waals surface area contributed by atoms with Crippen molar-refractivity contribution in [2.24, 2.45) is 0 Å². The minimum absolute atomic E-state index is 0.167. The molecule has 2 aromatic rings. The van der Waals surface area contributed by atoms with Crippen molar-refractivity contribution in [1.82, 2.24) is 4.98 Å². The molecule has 0 radical (unpaired) electrons. The van der Waals surface area contributed by atoms with Gasteiger partial charge in [-0.1, -0.05) is 0 Å². The van der Waals surface area contributed by atoms with Gasteiger partial charge in [-0.25, -0.2) is 9.37 Å². The minimum atomic E-state index is -0.301. The Morgan fingerprint density at radius 2 is 2.27 bits per heavy atom. The molecule has 0 aliphatic heterocycles. The van der Waals surface area contributed by atoms with Crippen molar-refractivity contribution in [3.63, 3.8) is 0 Å². The fraction of sp³-hybridized carbons (Fsp3) is 0.0909. The third kappa shape index (κ3) is 1.94. The van der Waals surface area contributed by atoms with E-state index in [4.69, 9.17) is 0 Å². The molecule has 0 amide bonds. The van der Waals surface area contributed by atoms with Crippen LogP contribution in [-0.2, 0) is 0 Å². The van der Waals surface area contributed by atoms with Crippen LogP contribution in [0.15, 0.2) is 29.1 Å². The van der Waals surface area contributed by atoms with Gasteiger partial charge in [0.25, 0.3) is 0 Å². The molecule has 0 N–H and O–H groups in total. The van der Waals surface area contributed by atoms with E-state index in [9.17, 15) is 9.18 Å². The number of carbonyl (C=O) groups is 1. The molecule has 0 aliphatic carbocycles. The van der Waals surface area contributed by atoms with Gasteiger partial charge in [0.05, 0.1) is 5.51 Å². The van der Waals surface area contributed by atoms with E-state index in [1.54, 1.807) is 17.8 Å². The molecule has 0 saturated carbocycles. The predicted octanol–water partition coefficient (Wildman–Crippen LogP) is 2.82. The Morgan fingerprint density at radius 3 is 2.87 bits per heavy atom. The number of ketones is 1. The van der Waals surface area contributed by atoms with E-state index in [0.29, 0.717) is 16.8 Å². The molecule has 76 valence electrons. The van der Waals surface area contributed by atoms with Gasteiger partial charge in [-0.15, -0.1) is 11.3 Å². The van der Waals surface area contributed by atoms with Gasteiger partial charge in [0, 0.05) is 10.9 Å². The first kappa shape index (κ1) is 9.98. The largest absolute Gasteiger partial charge is 0.287 e. The van der Waals surface area contributed by atoms with Gasteiger partial charge in [-0.2, -0.15) is 0 Å². The quantitative estimate of drug-likeness (QED) is 0.730. The smallest absolute Gasteiger partial charge is 0.212 e. The maximum Gasteiger partial charge on any atom is 0.212 e. The summed E-state index contributed by atoms with van der Waals surface area (Å²) in [5.74, 6) is -0.468. The molecular formula is C11H8FNOS. The van der Waals surface area contributed by atoms with Crippen LogP contribution in [0.4, 0.5) is 4.39 Å². The standard InChI is InChI=1S/C11H8FNOS/c1-7-4-8(2-3-9(7)12)11(14)10-5-15-6-13-10/h2-6H,1H3. The maximum atomic E-state index is 13.0. The Balaban J connectivity index is 2.39. The van der Waals surface area contributed by atoms with Crippen LogP contribution in [0.5, 0.6) is 0 Å². The number of rotatable bonds is 2. The Hall–Kier alpha value is -1.55. The maximum absolute atomic E-state index is 13.0. The first-order chi connectivity index (χ1) is 7.18. The molecule has 0 aliphatic rings. The van der Waals surface area contributed by atoms with Gasteiger partial charge in [-0.3, -0.25) is 4.79 Å². The fourth-order valence-electron chi connectivity index (χ4n) is 1.26. The van der Waals surface area contributed by atoms with Gasteiger partial charge in [0.1, 0.15) is 11.5 Å². The van der Waals surface area contributed by atoms with Gasteiger partial charge < -0.3 is 0 Å². The number of aryl methyl sites for hydroxylation is 1. The zero-order valence-electron chi connectivity index (χ0n) is 8.03. The van der Waals surface area contributed by atoms with Crippen LogP contribution >= 0.6 is 11.3 Å². The Kier molecular flexibility index (Phi) is 2.60. The monoisotopic (exact) mass is 221 g/mol. The van der Waals surface area contributed by atoms with Crippen LogP contribution in [0.2, 0.25) is 0 Å². The number of carbonyl (C=O) groups excluding carboxylic acids is 1. The minimum Gasteiger partial charge on any atom is -0.287 e. The van der Waals surface area contributed by atoms with Crippen molar-refractivity contribution in [3.8, 4) is 0 Å². The van der Waals surface area contributed by atoms with Crippen LogP contribution in [0.25, 0.3) is 0 Å². The molecule has 0 fully saturated rings. The average Bonchev–Trinajstić information content (AvgIpc) is 2.74. The SMILES string of the molecule is Cc1cc(C(=O)c2cscn2)ccc1F. The van der Waals surface area contributed by atoms with Crippen molar-refractivity contribution in [2.45, 2.75) is 6.92 Å². The molecule has 0 atom stereocenters. The molecule has 2 rings (SSSR count). The van der Waals surface area contributed by atoms with Gasteiger partial charge in [0.15, 0.2) is 0 Å². The molecule has 0 saturated heterocycles. The summed E-state index contributed by atoms with van der Waals surface area (Å²) in [5.41, 5.74) is 2.95. The number of thiazole rings is 1. The van der Waals surface area contributed by atoms with Crippen LogP contribution in [-0.4, -0.2) is 10.8 Å². The molecular weight excluding hydrogens is 213 g/mol. The van der Waals surface area contributed by atoms with Crippen LogP contribution < -0.4 is 0 Å². The highest BCUT2D eigenvalue weighted by molar-refractivity contribution is 7.07. The summed E-state index contributed by atoms with van der Waals surface area (Å²) in [6.07, 6.45) is 0. The third-order valence-corrected chi connectivity index (χ3v) is 2.67. The molecule has 0 bridgehead atoms. The van der Waals surface area contributed by atoms with Crippen molar-refractivity contribution >= 4 is 17.1 Å². The second-order valence-corrected chi connectivity index (χ2v) is 3.89. The summed E-state index contributed by atoms with van der Waals surface area (Å²) >= 11 is 1.36. The zero-order valence-corrected chi connectivity index (χ0v) is 8.84. The number of halogens is 1. The van der Waals surface area contributed by atoms with Crippen LogP contribution in [0, 0.1) is 12.7 Å². The van der Waals surface area contributed by atoms with E-state index in [0.717, 1.165) is 0 Å². The highest BCUT2D eigenvalue weighted by atomic mass is 32.1. The third-order valence-electron chi connectivity index (χ3n) is 2.09. The number of nitrogens with zero attached hydrogens (tertiary/aromatic N) is 1. The molecule has 15 heavy (non-hydrogen) atoms. The summed E-state index contributed by atoms with van der Waals surface area (Å²) < 4.78 is 13.0. The highest BCUT2D eigenvalue weighted by Gasteiger charge is 2.11. The number of aromatic nitrogens is 1. The lowest BCUT2D eigenvalue weighted by Crippen LogP contribution is -2.02. The summed E-state index contributed by atoms with van der Waals surface area (Å²) in [6, 6.07) is 4.32. The van der Waals surface area contributed by atoms with E-state index >= 15 is 0 Å². The highest BCUT2D eigenvalue weighted by Crippen LogP contribution is 2.13. The lowest BCUT2D eigenvalue weighted by Gasteiger charge is -2.00. The van der Waals surface area contributed by atoms with E-state index in [2.05, 4.69) is 4.98 Å². The normalized spacial score (nSPS) is 10.3. The lowest BCUT2D eigenvalue weighted by atomic mass is 10.1. The average molecular weight is 221 g/mol. The summed E-state index contributed by atoms with van der Waals surface area (Å²) in [4.78, 5) is 15.7. The summed E-state index contributed by atoms with van der Waals surface area (Å²) in [5, 5.41) is 1.68. The van der Waals surface area contributed by atoms with Crippen LogP contribution in [0.3, 0.4) is 0 Å². The van der Waals surface area contributed by atoms with Crippen molar-refractivity contribution in [3.05, 3.63) is 51.7 Å². The number of benzene rings is 1. The molecule has 1 heterocycles. The zero-order chi connectivity index (χ0) is 10.8. The Labute approximate surface area is 90.4 Å². The van der Waals surface area contributed by atoms with E-state index < -0.39 is 0 Å². The second-order valence-electron chi connectivity index (χ2n) is 3.17.